The van der Waals surface area contributed by atoms with Crippen LogP contribution in [0.3, 0.4) is 0 Å². The van der Waals surface area contributed by atoms with E-state index >= 15 is 0 Å². The molecule has 3 fully saturated rings. The van der Waals surface area contributed by atoms with E-state index in [0.29, 0.717) is 25.2 Å². The lowest BCUT2D eigenvalue weighted by atomic mass is 9.82. The molecule has 0 spiro atoms. The fourth-order valence-electron chi connectivity index (χ4n) is 3.32. The van der Waals surface area contributed by atoms with Gasteiger partial charge < -0.3 is 4.90 Å². The van der Waals surface area contributed by atoms with Crippen LogP contribution in [0, 0.1) is 0 Å². The fraction of sp³-hybridized carbons (Fsp3) is 0.923. The molecule has 3 saturated heterocycles. The van der Waals surface area contributed by atoms with Crippen molar-refractivity contribution in [2.24, 2.45) is 0 Å². The van der Waals surface area contributed by atoms with E-state index < -0.39 is 19.0 Å². The minimum Gasteiger partial charge on any atom is -0.340 e. The number of nitrogens with zero attached hydrogens (tertiary/aromatic N) is 2. The molecule has 3 aliphatic rings. The van der Waals surface area contributed by atoms with Gasteiger partial charge in [-0.3, -0.25) is 9.69 Å². The van der Waals surface area contributed by atoms with Gasteiger partial charge in [0.25, 0.3) is 0 Å². The molecule has 19 heavy (non-hydrogen) atoms. The highest BCUT2D eigenvalue weighted by molar-refractivity contribution is 5.76. The van der Waals surface area contributed by atoms with Gasteiger partial charge in [0.05, 0.1) is 6.42 Å². The first-order valence-electron chi connectivity index (χ1n) is 6.71. The van der Waals surface area contributed by atoms with E-state index in [1.807, 2.05) is 0 Å². The third kappa shape index (κ3) is 3.22. The average Bonchev–Trinajstić information content (AvgIpc) is 2.22. The molecule has 0 aromatic carbocycles. The van der Waals surface area contributed by atoms with Crippen molar-refractivity contribution in [3.05, 3.63) is 0 Å². The van der Waals surface area contributed by atoms with Crippen molar-refractivity contribution in [3.63, 3.8) is 0 Å². The quantitative estimate of drug-likeness (QED) is 0.774. The van der Waals surface area contributed by atoms with Crippen LogP contribution in [-0.4, -0.2) is 52.6 Å². The normalized spacial score (nSPS) is 28.2. The van der Waals surface area contributed by atoms with Gasteiger partial charge in [0, 0.05) is 37.1 Å². The number of carbonyl (C=O) groups is 1. The summed E-state index contributed by atoms with van der Waals surface area (Å²) in [5.41, 5.74) is 0.0642. The molecule has 2 bridgehead atoms. The number of piperidine rings is 1. The van der Waals surface area contributed by atoms with Crippen LogP contribution in [-0.2, 0) is 4.79 Å². The number of carbonyl (C=O) groups excluding carboxylic acids is 1. The summed E-state index contributed by atoms with van der Waals surface area (Å²) in [4.78, 5) is 15.8. The molecule has 0 radical (unpaired) electrons. The number of piperazine rings is 1. The number of halogens is 3. The van der Waals surface area contributed by atoms with Gasteiger partial charge in [0.1, 0.15) is 0 Å². The molecule has 110 valence electrons. The summed E-state index contributed by atoms with van der Waals surface area (Å²) in [5.74, 6) is -0.361. The second-order valence-electron chi connectivity index (χ2n) is 6.54. The Balaban J connectivity index is 1.86. The zero-order valence-electron chi connectivity index (χ0n) is 11.6. The highest BCUT2D eigenvalue weighted by atomic mass is 19.4. The average molecular weight is 278 g/mol. The molecule has 0 aromatic rings. The van der Waals surface area contributed by atoms with Crippen molar-refractivity contribution >= 4 is 5.91 Å². The number of hydrogen-bond donors (Lipinski definition) is 0. The van der Waals surface area contributed by atoms with Crippen LogP contribution in [0.2, 0.25) is 0 Å². The van der Waals surface area contributed by atoms with Crippen LogP contribution in [0.25, 0.3) is 0 Å². The lowest BCUT2D eigenvalue weighted by molar-refractivity contribution is -0.162. The maximum absolute atomic E-state index is 12.1. The van der Waals surface area contributed by atoms with Gasteiger partial charge in [0.15, 0.2) is 0 Å². The Hall–Kier alpha value is -0.780. The van der Waals surface area contributed by atoms with Crippen LogP contribution in [0.4, 0.5) is 13.2 Å². The van der Waals surface area contributed by atoms with E-state index in [2.05, 4.69) is 25.7 Å². The highest BCUT2D eigenvalue weighted by Gasteiger charge is 2.49. The Bertz CT molecular complexity index is 350. The first kappa shape index (κ1) is 14.6. The second-order valence-corrected chi connectivity index (χ2v) is 6.54. The third-order valence-electron chi connectivity index (χ3n) is 3.94. The molecule has 0 aliphatic carbocycles. The summed E-state index contributed by atoms with van der Waals surface area (Å²) in [7, 11) is 0. The van der Waals surface area contributed by atoms with Gasteiger partial charge in [-0.1, -0.05) is 0 Å². The van der Waals surface area contributed by atoms with E-state index in [4.69, 9.17) is 0 Å². The predicted octanol–water partition coefficient (Wildman–Crippen LogP) is 2.41. The van der Waals surface area contributed by atoms with Gasteiger partial charge in [-0.2, -0.15) is 13.2 Å². The molecule has 3 heterocycles. The largest absolute Gasteiger partial charge is 0.389 e. The fourth-order valence-corrected chi connectivity index (χ4v) is 3.32. The monoisotopic (exact) mass is 278 g/mol. The third-order valence-corrected chi connectivity index (χ3v) is 3.94. The molecular weight excluding hydrogens is 257 g/mol. The summed E-state index contributed by atoms with van der Waals surface area (Å²) in [6.07, 6.45) is -4.62. The predicted molar refractivity (Wildman–Crippen MR) is 65.7 cm³/mol. The van der Waals surface area contributed by atoms with E-state index in [1.165, 1.54) is 0 Å². The number of hydrogen-bond acceptors (Lipinski definition) is 2. The van der Waals surface area contributed by atoms with E-state index in [0.717, 1.165) is 6.42 Å². The number of alkyl halides is 3. The minimum absolute atomic E-state index is 0.0642. The Kier molecular flexibility index (Phi) is 3.58. The molecule has 3 aliphatic heterocycles. The molecule has 3 nitrogen and oxygen atoms in total. The Morgan fingerprint density at radius 1 is 1.16 bits per heavy atom. The van der Waals surface area contributed by atoms with Crippen LogP contribution < -0.4 is 0 Å². The van der Waals surface area contributed by atoms with Gasteiger partial charge in [-0.25, -0.2) is 0 Å². The van der Waals surface area contributed by atoms with Gasteiger partial charge in [0.2, 0.25) is 5.91 Å². The van der Waals surface area contributed by atoms with Crippen molar-refractivity contribution < 1.29 is 18.0 Å². The number of fused-ring (bicyclic) bond motifs is 2. The number of rotatable bonds is 2. The zero-order chi connectivity index (χ0) is 14.4. The first-order valence-corrected chi connectivity index (χ1v) is 6.71. The van der Waals surface area contributed by atoms with Crippen LogP contribution in [0.15, 0.2) is 0 Å². The van der Waals surface area contributed by atoms with Crippen molar-refractivity contribution in [3.8, 4) is 0 Å². The molecule has 2 atom stereocenters. The SMILES string of the molecule is CC(C)(C)N1C2CC1CN(C(=O)CCC(F)(F)F)C2. The van der Waals surface area contributed by atoms with Crippen molar-refractivity contribution in [2.45, 2.75) is 63.8 Å². The van der Waals surface area contributed by atoms with E-state index in [-0.39, 0.29) is 11.4 Å². The molecule has 0 N–H and O–H groups in total. The smallest absolute Gasteiger partial charge is 0.340 e. The first-order chi connectivity index (χ1) is 8.58. The van der Waals surface area contributed by atoms with Gasteiger partial charge in [-0.15, -0.1) is 0 Å². The zero-order valence-corrected chi connectivity index (χ0v) is 11.6. The maximum Gasteiger partial charge on any atom is 0.389 e. The van der Waals surface area contributed by atoms with Crippen molar-refractivity contribution in [1.82, 2.24) is 9.80 Å². The van der Waals surface area contributed by atoms with Crippen LogP contribution in [0.1, 0.15) is 40.0 Å². The molecule has 2 unspecified atom stereocenters. The summed E-state index contributed by atoms with van der Waals surface area (Å²) in [5, 5.41) is 0. The topological polar surface area (TPSA) is 23.6 Å². The van der Waals surface area contributed by atoms with Crippen LogP contribution >= 0.6 is 0 Å². The maximum atomic E-state index is 12.1. The molecule has 1 amide bonds. The Labute approximate surface area is 111 Å². The van der Waals surface area contributed by atoms with Gasteiger partial charge in [-0.05, 0) is 27.2 Å². The van der Waals surface area contributed by atoms with Crippen molar-refractivity contribution in [2.75, 3.05) is 13.1 Å². The molecule has 0 saturated carbocycles. The summed E-state index contributed by atoms with van der Waals surface area (Å²) in [6.45, 7) is 7.54. The van der Waals surface area contributed by atoms with Crippen molar-refractivity contribution in [1.29, 1.82) is 0 Å². The molecule has 6 heteroatoms. The van der Waals surface area contributed by atoms with E-state index in [1.54, 1.807) is 4.90 Å². The summed E-state index contributed by atoms with van der Waals surface area (Å²) >= 11 is 0. The molecule has 0 aromatic heterocycles. The summed E-state index contributed by atoms with van der Waals surface area (Å²) < 4.78 is 36.3. The lowest BCUT2D eigenvalue weighted by Crippen LogP contribution is -2.73. The summed E-state index contributed by atoms with van der Waals surface area (Å²) in [6, 6.07) is 0.627. The Morgan fingerprint density at radius 2 is 1.68 bits per heavy atom. The second kappa shape index (κ2) is 4.65. The Morgan fingerprint density at radius 3 is 2.11 bits per heavy atom. The minimum atomic E-state index is -4.24. The molecule has 3 rings (SSSR count). The standard InChI is InChI=1S/C13H21F3N2O/c1-12(2,3)18-9-6-10(18)8-17(7-9)11(19)4-5-13(14,15)16/h9-10H,4-8H2,1-3H3. The van der Waals surface area contributed by atoms with E-state index in [9.17, 15) is 18.0 Å². The lowest BCUT2D eigenvalue weighted by Gasteiger charge is -2.61. The highest BCUT2D eigenvalue weighted by Crippen LogP contribution is 2.38. The molecular formula is C13H21F3N2O. The van der Waals surface area contributed by atoms with Crippen LogP contribution in [0.5, 0.6) is 0 Å². The number of amides is 1. The van der Waals surface area contributed by atoms with Gasteiger partial charge >= 0.3 is 6.18 Å².